The van der Waals surface area contributed by atoms with Crippen LogP contribution in [0.2, 0.25) is 0 Å². The highest BCUT2D eigenvalue weighted by Gasteiger charge is 2.63. The van der Waals surface area contributed by atoms with Crippen molar-refractivity contribution in [3.63, 3.8) is 0 Å². The fraction of sp³-hybridized carbons (Fsp3) is 0.367. The average molecular weight is 488 g/mol. The zero-order valence-electron chi connectivity index (χ0n) is 20.3. The van der Waals surface area contributed by atoms with Crippen molar-refractivity contribution < 1.29 is 24.1 Å². The molecule has 1 heterocycles. The van der Waals surface area contributed by atoms with Crippen LogP contribution in [0, 0.1) is 5.41 Å². The van der Waals surface area contributed by atoms with E-state index in [1.165, 1.54) is 0 Å². The van der Waals surface area contributed by atoms with E-state index in [2.05, 4.69) is 5.32 Å². The number of carbonyl (C=O) groups is 1. The number of carboxylic acids is 1. The monoisotopic (exact) mass is 487 g/mol. The molecule has 0 spiro atoms. The second-order valence-electron chi connectivity index (χ2n) is 9.74. The number of benzene rings is 3. The molecule has 6 nitrogen and oxygen atoms in total. The third-order valence-electron chi connectivity index (χ3n) is 7.23. The van der Waals surface area contributed by atoms with Gasteiger partial charge in [0.15, 0.2) is 0 Å². The Balaban J connectivity index is 1.35. The molecule has 188 valence electrons. The van der Waals surface area contributed by atoms with Crippen LogP contribution in [0.5, 0.6) is 0 Å². The van der Waals surface area contributed by atoms with E-state index in [1.54, 1.807) is 0 Å². The van der Waals surface area contributed by atoms with Gasteiger partial charge in [-0.1, -0.05) is 91.0 Å². The van der Waals surface area contributed by atoms with Crippen LogP contribution >= 0.6 is 0 Å². The lowest BCUT2D eigenvalue weighted by Crippen LogP contribution is -2.46. The van der Waals surface area contributed by atoms with Gasteiger partial charge in [0.05, 0.1) is 43.9 Å². The van der Waals surface area contributed by atoms with Crippen molar-refractivity contribution >= 4 is 5.97 Å². The second-order valence-corrected chi connectivity index (χ2v) is 9.74. The Bertz CT molecular complexity index is 1100. The first-order valence-electron chi connectivity index (χ1n) is 12.6. The average Bonchev–Trinajstić information content (AvgIpc) is 3.66. The highest BCUT2D eigenvalue weighted by atomic mass is 16.5. The third-order valence-corrected chi connectivity index (χ3v) is 7.23. The van der Waals surface area contributed by atoms with Gasteiger partial charge in [0.25, 0.3) is 0 Å². The van der Waals surface area contributed by atoms with Crippen LogP contribution in [0.4, 0.5) is 0 Å². The van der Waals surface area contributed by atoms with Gasteiger partial charge in [-0.05, 0) is 29.5 Å². The first-order valence-corrected chi connectivity index (χ1v) is 12.6. The summed E-state index contributed by atoms with van der Waals surface area (Å²) in [4.78, 5) is 12.3. The maximum atomic E-state index is 12.3. The highest BCUT2D eigenvalue weighted by molar-refractivity contribution is 5.79. The quantitative estimate of drug-likeness (QED) is 0.390. The molecular formula is C30H33NO5. The SMILES string of the molecule is O=C(O)C1([C@H]2N[C@H](COCc3ccccc3)[C@@H](OCc3ccccc3)[C@@H]2OCc2ccccc2)CC1. The Kier molecular flexibility index (Phi) is 7.78. The van der Waals surface area contributed by atoms with Gasteiger partial charge in [-0.15, -0.1) is 0 Å². The maximum Gasteiger partial charge on any atom is 0.311 e. The minimum absolute atomic E-state index is 0.194. The van der Waals surface area contributed by atoms with Gasteiger partial charge in [0, 0.05) is 0 Å². The number of rotatable bonds is 12. The van der Waals surface area contributed by atoms with Crippen molar-refractivity contribution in [1.82, 2.24) is 5.32 Å². The van der Waals surface area contributed by atoms with E-state index in [0.29, 0.717) is 39.3 Å². The normalized spacial score (nSPS) is 24.4. The standard InChI is InChI=1S/C30H33NO5/c32-29(33)30(16-17-30)28-27(36-20-24-14-8-3-9-15-24)26(35-19-23-12-6-2-7-13-23)25(31-28)21-34-18-22-10-4-1-5-11-22/h1-15,25-28,31H,16-21H2,(H,32,33)/t25-,26-,27+,28+/m1/s1. The van der Waals surface area contributed by atoms with Crippen molar-refractivity contribution in [3.05, 3.63) is 108 Å². The minimum Gasteiger partial charge on any atom is -0.481 e. The lowest BCUT2D eigenvalue weighted by atomic mass is 9.92. The molecule has 36 heavy (non-hydrogen) atoms. The number of ether oxygens (including phenoxy) is 3. The molecule has 0 radical (unpaired) electrons. The summed E-state index contributed by atoms with van der Waals surface area (Å²) in [5, 5.41) is 13.7. The summed E-state index contributed by atoms with van der Waals surface area (Å²) in [7, 11) is 0. The fourth-order valence-electron chi connectivity index (χ4n) is 5.06. The molecule has 1 saturated carbocycles. The summed E-state index contributed by atoms with van der Waals surface area (Å²) >= 11 is 0. The Morgan fingerprint density at radius 3 is 1.69 bits per heavy atom. The molecule has 2 fully saturated rings. The van der Waals surface area contributed by atoms with E-state index in [4.69, 9.17) is 14.2 Å². The van der Waals surface area contributed by atoms with Gasteiger partial charge >= 0.3 is 5.97 Å². The number of hydrogen-bond acceptors (Lipinski definition) is 5. The smallest absolute Gasteiger partial charge is 0.311 e. The molecule has 6 heteroatoms. The summed E-state index contributed by atoms with van der Waals surface area (Å²) in [6.45, 7) is 1.68. The molecule has 0 bridgehead atoms. The lowest BCUT2D eigenvalue weighted by Gasteiger charge is -2.29. The van der Waals surface area contributed by atoms with Crippen molar-refractivity contribution in [2.45, 2.75) is 57.0 Å². The van der Waals surface area contributed by atoms with Crippen LogP contribution in [-0.4, -0.2) is 42.0 Å². The molecule has 4 atom stereocenters. The molecule has 0 aromatic heterocycles. The molecule has 0 amide bonds. The summed E-state index contributed by atoms with van der Waals surface area (Å²) in [6.07, 6.45) is 0.493. The summed E-state index contributed by atoms with van der Waals surface area (Å²) in [5.41, 5.74) is 2.37. The Hall–Kier alpha value is -3.03. The zero-order chi connectivity index (χ0) is 24.8. The zero-order valence-corrected chi connectivity index (χ0v) is 20.3. The van der Waals surface area contributed by atoms with Crippen molar-refractivity contribution in [2.75, 3.05) is 6.61 Å². The van der Waals surface area contributed by atoms with E-state index in [9.17, 15) is 9.90 Å². The van der Waals surface area contributed by atoms with Crippen LogP contribution in [0.25, 0.3) is 0 Å². The van der Waals surface area contributed by atoms with E-state index in [-0.39, 0.29) is 18.2 Å². The van der Waals surface area contributed by atoms with Gasteiger partial charge in [0.2, 0.25) is 0 Å². The van der Waals surface area contributed by atoms with Crippen LogP contribution in [-0.2, 0) is 38.8 Å². The summed E-state index contributed by atoms with van der Waals surface area (Å²) in [5.74, 6) is -0.777. The Labute approximate surface area is 212 Å². The number of nitrogens with one attached hydrogen (secondary N) is 1. The summed E-state index contributed by atoms with van der Waals surface area (Å²) < 4.78 is 19.0. The highest BCUT2D eigenvalue weighted by Crippen LogP contribution is 2.52. The molecule has 3 aromatic rings. The molecule has 2 aliphatic rings. The van der Waals surface area contributed by atoms with Crippen LogP contribution in [0.1, 0.15) is 29.5 Å². The van der Waals surface area contributed by atoms with Crippen molar-refractivity contribution in [1.29, 1.82) is 0 Å². The van der Waals surface area contributed by atoms with Gasteiger partial charge < -0.3 is 24.6 Å². The molecular weight excluding hydrogens is 454 g/mol. The molecule has 2 N–H and O–H groups in total. The topological polar surface area (TPSA) is 77.0 Å². The summed E-state index contributed by atoms with van der Waals surface area (Å²) in [6, 6.07) is 29.4. The van der Waals surface area contributed by atoms with Crippen LogP contribution in [0.3, 0.4) is 0 Å². The first kappa shape index (κ1) is 24.7. The maximum absolute atomic E-state index is 12.3. The van der Waals surface area contributed by atoms with Gasteiger partial charge in [-0.25, -0.2) is 0 Å². The van der Waals surface area contributed by atoms with E-state index in [0.717, 1.165) is 16.7 Å². The van der Waals surface area contributed by atoms with Gasteiger partial charge in [-0.3, -0.25) is 4.79 Å². The Morgan fingerprint density at radius 1 is 0.750 bits per heavy atom. The Morgan fingerprint density at radius 2 is 1.22 bits per heavy atom. The van der Waals surface area contributed by atoms with Gasteiger partial charge in [0.1, 0.15) is 12.2 Å². The van der Waals surface area contributed by atoms with Gasteiger partial charge in [-0.2, -0.15) is 0 Å². The predicted octanol–water partition coefficient (Wildman–Crippen LogP) is 4.58. The fourth-order valence-corrected chi connectivity index (χ4v) is 5.06. The molecule has 3 aromatic carbocycles. The minimum atomic E-state index is -0.829. The molecule has 1 aliphatic heterocycles. The predicted molar refractivity (Wildman–Crippen MR) is 136 cm³/mol. The van der Waals surface area contributed by atoms with E-state index >= 15 is 0 Å². The molecule has 1 aliphatic carbocycles. The van der Waals surface area contributed by atoms with E-state index < -0.39 is 17.5 Å². The van der Waals surface area contributed by atoms with E-state index in [1.807, 2.05) is 91.0 Å². The largest absolute Gasteiger partial charge is 0.481 e. The number of aliphatic carboxylic acids is 1. The number of hydrogen-bond donors (Lipinski definition) is 2. The second kappa shape index (κ2) is 11.4. The lowest BCUT2D eigenvalue weighted by molar-refractivity contribution is -0.147. The molecule has 1 saturated heterocycles. The molecule has 0 unspecified atom stereocenters. The molecule has 5 rings (SSSR count). The van der Waals surface area contributed by atoms with Crippen LogP contribution in [0.15, 0.2) is 91.0 Å². The van der Waals surface area contributed by atoms with Crippen molar-refractivity contribution in [2.24, 2.45) is 5.41 Å². The number of carboxylic acid groups (broad SMARTS) is 1. The van der Waals surface area contributed by atoms with Crippen LogP contribution < -0.4 is 5.32 Å². The first-order chi connectivity index (χ1) is 17.7. The van der Waals surface area contributed by atoms with Crippen molar-refractivity contribution in [3.8, 4) is 0 Å². The third kappa shape index (κ3) is 5.68.